The predicted octanol–water partition coefficient (Wildman–Crippen LogP) is 0.428. The van der Waals surface area contributed by atoms with Crippen molar-refractivity contribution in [3.05, 3.63) is 36.0 Å². The zero-order valence-corrected chi connectivity index (χ0v) is 9.07. The minimum absolute atomic E-state index is 0.0568. The van der Waals surface area contributed by atoms with Crippen molar-refractivity contribution in [3.63, 3.8) is 0 Å². The molecular weight excluding hydrogens is 224 g/mol. The number of aromatic carboxylic acids is 1. The van der Waals surface area contributed by atoms with Crippen molar-refractivity contribution in [2.75, 3.05) is 7.11 Å². The third-order valence-electron chi connectivity index (χ3n) is 2.12. The van der Waals surface area contributed by atoms with E-state index in [2.05, 4.69) is 15.1 Å². The lowest BCUT2D eigenvalue weighted by Gasteiger charge is -2.04. The van der Waals surface area contributed by atoms with Gasteiger partial charge in [-0.3, -0.25) is 0 Å². The van der Waals surface area contributed by atoms with Crippen molar-refractivity contribution < 1.29 is 14.6 Å². The molecule has 0 spiro atoms. The van der Waals surface area contributed by atoms with E-state index in [9.17, 15) is 4.79 Å². The number of hydrogen-bond acceptors (Lipinski definition) is 5. The second-order valence-electron chi connectivity index (χ2n) is 3.28. The van der Waals surface area contributed by atoms with Gasteiger partial charge >= 0.3 is 5.97 Å². The van der Waals surface area contributed by atoms with Crippen LogP contribution in [0.5, 0.6) is 5.88 Å². The second-order valence-corrected chi connectivity index (χ2v) is 3.28. The molecule has 0 atom stereocenters. The molecule has 0 fully saturated rings. The summed E-state index contributed by atoms with van der Waals surface area (Å²) in [5.74, 6) is -0.711. The van der Waals surface area contributed by atoms with E-state index in [1.54, 1.807) is 12.4 Å². The molecule has 1 N–H and O–H groups in total. The minimum atomic E-state index is -1.09. The van der Waals surface area contributed by atoms with Crippen LogP contribution in [0.4, 0.5) is 0 Å². The standard InChI is InChI=1S/C10H10N4O3/c1-17-9-2-8(10(15)16)13-14(9)5-7-3-11-6-12-4-7/h2-4,6H,5H2,1H3,(H,15,16). The molecule has 0 aliphatic heterocycles. The maximum absolute atomic E-state index is 10.8. The Morgan fingerprint density at radius 1 is 1.47 bits per heavy atom. The third kappa shape index (κ3) is 2.39. The monoisotopic (exact) mass is 234 g/mol. The van der Waals surface area contributed by atoms with Crippen molar-refractivity contribution in [1.82, 2.24) is 19.7 Å². The van der Waals surface area contributed by atoms with Gasteiger partial charge < -0.3 is 9.84 Å². The first-order chi connectivity index (χ1) is 8.20. The highest BCUT2D eigenvalue weighted by Gasteiger charge is 2.13. The molecule has 0 aliphatic rings. The van der Waals surface area contributed by atoms with Crippen LogP contribution in [0.1, 0.15) is 16.1 Å². The molecule has 0 radical (unpaired) electrons. The molecule has 0 saturated carbocycles. The smallest absolute Gasteiger partial charge is 0.356 e. The number of carboxylic acids is 1. The Labute approximate surface area is 96.7 Å². The van der Waals surface area contributed by atoms with Gasteiger partial charge in [0, 0.05) is 24.0 Å². The highest BCUT2D eigenvalue weighted by Crippen LogP contribution is 2.14. The minimum Gasteiger partial charge on any atom is -0.481 e. The van der Waals surface area contributed by atoms with E-state index in [0.717, 1.165) is 5.56 Å². The molecule has 0 unspecified atom stereocenters. The Bertz CT molecular complexity index is 524. The van der Waals surface area contributed by atoms with Crippen LogP contribution in [0.25, 0.3) is 0 Å². The lowest BCUT2D eigenvalue weighted by atomic mass is 10.3. The molecule has 7 heteroatoms. The van der Waals surface area contributed by atoms with Gasteiger partial charge in [0.1, 0.15) is 6.33 Å². The Kier molecular flexibility index (Phi) is 2.99. The molecule has 88 valence electrons. The summed E-state index contributed by atoms with van der Waals surface area (Å²) in [6, 6.07) is 1.37. The van der Waals surface area contributed by atoms with Crippen LogP contribution in [0.15, 0.2) is 24.8 Å². The van der Waals surface area contributed by atoms with Gasteiger partial charge in [0.05, 0.1) is 13.7 Å². The Morgan fingerprint density at radius 3 is 2.76 bits per heavy atom. The zero-order chi connectivity index (χ0) is 12.3. The first-order valence-corrected chi connectivity index (χ1v) is 4.79. The summed E-state index contributed by atoms with van der Waals surface area (Å²) in [6.07, 6.45) is 4.69. The highest BCUT2D eigenvalue weighted by molar-refractivity contribution is 5.85. The summed E-state index contributed by atoms with van der Waals surface area (Å²) in [7, 11) is 1.46. The second kappa shape index (κ2) is 4.60. The van der Waals surface area contributed by atoms with E-state index in [-0.39, 0.29) is 5.69 Å². The zero-order valence-electron chi connectivity index (χ0n) is 9.07. The van der Waals surface area contributed by atoms with Crippen LogP contribution >= 0.6 is 0 Å². The topological polar surface area (TPSA) is 90.1 Å². The van der Waals surface area contributed by atoms with Crippen LogP contribution in [0, 0.1) is 0 Å². The van der Waals surface area contributed by atoms with Crippen LogP contribution < -0.4 is 4.74 Å². The Balaban J connectivity index is 2.29. The Morgan fingerprint density at radius 2 is 2.18 bits per heavy atom. The lowest BCUT2D eigenvalue weighted by Crippen LogP contribution is -2.06. The van der Waals surface area contributed by atoms with Gasteiger partial charge in [-0.25, -0.2) is 19.4 Å². The molecule has 0 aliphatic carbocycles. The number of ether oxygens (including phenoxy) is 1. The van der Waals surface area contributed by atoms with Crippen LogP contribution in [-0.4, -0.2) is 37.9 Å². The van der Waals surface area contributed by atoms with E-state index in [4.69, 9.17) is 9.84 Å². The average Bonchev–Trinajstić information content (AvgIpc) is 2.74. The van der Waals surface area contributed by atoms with Crippen molar-refractivity contribution in [2.45, 2.75) is 6.54 Å². The molecule has 0 amide bonds. The first kappa shape index (κ1) is 11.1. The number of methoxy groups -OCH3 is 1. The van der Waals surface area contributed by atoms with Gasteiger partial charge in [0.15, 0.2) is 5.69 Å². The van der Waals surface area contributed by atoms with E-state index in [1.807, 2.05) is 0 Å². The van der Waals surface area contributed by atoms with Crippen molar-refractivity contribution in [3.8, 4) is 5.88 Å². The lowest BCUT2D eigenvalue weighted by molar-refractivity contribution is 0.0689. The molecule has 7 nitrogen and oxygen atoms in total. The summed E-state index contributed by atoms with van der Waals surface area (Å²) < 4.78 is 6.49. The normalized spacial score (nSPS) is 10.2. The van der Waals surface area contributed by atoms with E-state index in [0.29, 0.717) is 12.4 Å². The van der Waals surface area contributed by atoms with Crippen molar-refractivity contribution in [2.24, 2.45) is 0 Å². The molecule has 2 heterocycles. The van der Waals surface area contributed by atoms with Crippen LogP contribution in [0.3, 0.4) is 0 Å². The summed E-state index contributed by atoms with van der Waals surface area (Å²) in [6.45, 7) is 0.358. The maximum Gasteiger partial charge on any atom is 0.356 e. The van der Waals surface area contributed by atoms with Crippen LogP contribution in [0.2, 0.25) is 0 Å². The molecular formula is C10H10N4O3. The van der Waals surface area contributed by atoms with Crippen LogP contribution in [-0.2, 0) is 6.54 Å². The molecule has 0 bridgehead atoms. The predicted molar refractivity (Wildman–Crippen MR) is 56.9 cm³/mol. The van der Waals surface area contributed by atoms with Gasteiger partial charge in [0.25, 0.3) is 0 Å². The van der Waals surface area contributed by atoms with Gasteiger partial charge in [-0.2, -0.15) is 5.10 Å². The van der Waals surface area contributed by atoms with Gasteiger partial charge in [0.2, 0.25) is 5.88 Å². The fourth-order valence-electron chi connectivity index (χ4n) is 1.37. The third-order valence-corrected chi connectivity index (χ3v) is 2.12. The number of carboxylic acid groups (broad SMARTS) is 1. The molecule has 2 aromatic heterocycles. The fourth-order valence-corrected chi connectivity index (χ4v) is 1.37. The maximum atomic E-state index is 10.8. The number of aromatic nitrogens is 4. The average molecular weight is 234 g/mol. The number of hydrogen-bond donors (Lipinski definition) is 1. The van der Waals surface area contributed by atoms with Crippen molar-refractivity contribution in [1.29, 1.82) is 0 Å². The number of nitrogens with zero attached hydrogens (tertiary/aromatic N) is 4. The van der Waals surface area contributed by atoms with Gasteiger partial charge in [-0.05, 0) is 0 Å². The highest BCUT2D eigenvalue weighted by atomic mass is 16.5. The quantitative estimate of drug-likeness (QED) is 0.824. The largest absolute Gasteiger partial charge is 0.481 e. The fraction of sp³-hybridized carbons (Fsp3) is 0.200. The molecule has 0 aromatic carbocycles. The molecule has 0 saturated heterocycles. The van der Waals surface area contributed by atoms with Crippen molar-refractivity contribution >= 4 is 5.97 Å². The number of carbonyl (C=O) groups is 1. The summed E-state index contributed by atoms with van der Waals surface area (Å²) in [5.41, 5.74) is 0.754. The Hall–Kier alpha value is -2.44. The van der Waals surface area contributed by atoms with E-state index >= 15 is 0 Å². The SMILES string of the molecule is COc1cc(C(=O)O)nn1Cc1cncnc1. The molecule has 2 aromatic rings. The summed E-state index contributed by atoms with van der Waals surface area (Å²) >= 11 is 0. The summed E-state index contributed by atoms with van der Waals surface area (Å²) in [5, 5.41) is 12.7. The van der Waals surface area contributed by atoms with E-state index < -0.39 is 5.97 Å². The molecule has 17 heavy (non-hydrogen) atoms. The van der Waals surface area contributed by atoms with Gasteiger partial charge in [-0.15, -0.1) is 0 Å². The van der Waals surface area contributed by atoms with Gasteiger partial charge in [-0.1, -0.05) is 0 Å². The number of rotatable bonds is 4. The molecule has 2 rings (SSSR count). The summed E-state index contributed by atoms with van der Waals surface area (Å²) in [4.78, 5) is 18.5. The van der Waals surface area contributed by atoms with E-state index in [1.165, 1.54) is 24.2 Å². The first-order valence-electron chi connectivity index (χ1n) is 4.79.